The highest BCUT2D eigenvalue weighted by Crippen LogP contribution is 2.24. The highest BCUT2D eigenvalue weighted by atomic mass is 33.1. The van der Waals surface area contributed by atoms with Crippen LogP contribution < -0.4 is 0 Å². The zero-order chi connectivity index (χ0) is 9.03. The molecule has 12 heavy (non-hydrogen) atoms. The molecule has 0 aromatic carbocycles. The molecular formula is C5H10BF3NS2-. The molecule has 0 spiro atoms. The molecule has 1 fully saturated rings. The topological polar surface area (TPSA) is 3.24 Å². The largest absolute Gasteiger partial charge is 0.492 e. The van der Waals surface area contributed by atoms with Crippen molar-refractivity contribution in [2.75, 3.05) is 31.0 Å². The maximum absolute atomic E-state index is 12.0. The molecule has 1 aliphatic rings. The summed E-state index contributed by atoms with van der Waals surface area (Å²) < 4.78 is 35.9. The SMILES string of the molecule is F[B-](F)(F)CN1CCSSCC1. The molecule has 0 saturated carbocycles. The summed E-state index contributed by atoms with van der Waals surface area (Å²) in [6, 6.07) is 0. The van der Waals surface area contributed by atoms with E-state index in [1.807, 2.05) is 0 Å². The van der Waals surface area contributed by atoms with Gasteiger partial charge in [0.2, 0.25) is 0 Å². The summed E-state index contributed by atoms with van der Waals surface area (Å²) in [6.45, 7) is -3.50. The second-order valence-corrected chi connectivity index (χ2v) is 5.36. The van der Waals surface area contributed by atoms with Crippen LogP contribution in [0.25, 0.3) is 0 Å². The number of hydrogen-bond donors (Lipinski definition) is 0. The predicted octanol–water partition coefficient (Wildman–Crippen LogP) is 2.07. The van der Waals surface area contributed by atoms with Crippen LogP contribution in [0.2, 0.25) is 0 Å². The Bertz CT molecular complexity index is 135. The maximum atomic E-state index is 12.0. The van der Waals surface area contributed by atoms with Crippen LogP contribution in [0, 0.1) is 0 Å². The molecule has 0 unspecified atom stereocenters. The molecule has 0 amide bonds. The van der Waals surface area contributed by atoms with Gasteiger partial charge in [0.15, 0.2) is 0 Å². The summed E-state index contributed by atoms with van der Waals surface area (Å²) in [5.74, 6) is 1.60. The Morgan fingerprint density at radius 2 is 1.58 bits per heavy atom. The maximum Gasteiger partial charge on any atom is 0.492 e. The molecule has 1 aliphatic heterocycles. The second kappa shape index (κ2) is 4.67. The Morgan fingerprint density at radius 3 is 2.00 bits per heavy atom. The number of nitrogens with zero attached hydrogens (tertiary/aromatic N) is 1. The fourth-order valence-corrected chi connectivity index (χ4v) is 3.09. The van der Waals surface area contributed by atoms with Crippen molar-refractivity contribution in [1.29, 1.82) is 0 Å². The van der Waals surface area contributed by atoms with Crippen molar-refractivity contribution in [1.82, 2.24) is 4.90 Å². The minimum absolute atomic E-state index is 0.568. The smallest absolute Gasteiger partial charge is 0.448 e. The molecule has 0 radical (unpaired) electrons. The Kier molecular flexibility index (Phi) is 4.12. The molecular weight excluding hydrogens is 206 g/mol. The van der Waals surface area contributed by atoms with E-state index in [-0.39, 0.29) is 0 Å². The van der Waals surface area contributed by atoms with Crippen molar-refractivity contribution in [2.45, 2.75) is 0 Å². The Morgan fingerprint density at radius 1 is 1.08 bits per heavy atom. The molecule has 0 aromatic heterocycles. The standard InChI is InChI=1S/C5H10BF3NS2/c7-6(8,9)5-10-1-3-11-12-4-2-10/h1-5H2/q-1. The first kappa shape index (κ1) is 10.6. The zero-order valence-electron chi connectivity index (χ0n) is 6.51. The molecule has 0 atom stereocenters. The summed E-state index contributed by atoms with van der Waals surface area (Å²) in [4.78, 5) is 1.49. The highest BCUT2D eigenvalue weighted by Gasteiger charge is 2.26. The molecule has 1 heterocycles. The predicted molar refractivity (Wildman–Crippen MR) is 50.4 cm³/mol. The van der Waals surface area contributed by atoms with Crippen LogP contribution in [0.3, 0.4) is 0 Å². The molecule has 0 aromatic rings. The molecule has 0 N–H and O–H groups in total. The van der Waals surface area contributed by atoms with Crippen molar-refractivity contribution in [3.63, 3.8) is 0 Å². The zero-order valence-corrected chi connectivity index (χ0v) is 8.14. The number of rotatable bonds is 2. The van der Waals surface area contributed by atoms with Crippen LogP contribution in [-0.4, -0.2) is 42.9 Å². The van der Waals surface area contributed by atoms with E-state index in [9.17, 15) is 12.9 Å². The molecule has 1 saturated heterocycles. The first-order chi connectivity index (χ1) is 5.58. The first-order valence-electron chi connectivity index (χ1n) is 3.76. The second-order valence-electron chi connectivity index (χ2n) is 2.65. The van der Waals surface area contributed by atoms with Gasteiger partial charge in [-0.1, -0.05) is 21.6 Å². The molecule has 1 nitrogen and oxygen atoms in total. The lowest BCUT2D eigenvalue weighted by atomic mass is 9.91. The quantitative estimate of drug-likeness (QED) is 0.513. The van der Waals surface area contributed by atoms with Crippen molar-refractivity contribution >= 4 is 28.6 Å². The van der Waals surface area contributed by atoms with Crippen LogP contribution in [0.4, 0.5) is 12.9 Å². The van der Waals surface area contributed by atoms with E-state index in [1.165, 1.54) is 4.90 Å². The van der Waals surface area contributed by atoms with Gasteiger partial charge in [0.25, 0.3) is 0 Å². The first-order valence-corrected chi connectivity index (χ1v) is 6.24. The highest BCUT2D eigenvalue weighted by molar-refractivity contribution is 8.76. The van der Waals surface area contributed by atoms with E-state index < -0.39 is 13.4 Å². The van der Waals surface area contributed by atoms with Gasteiger partial charge in [-0.15, -0.1) is 0 Å². The van der Waals surface area contributed by atoms with Crippen LogP contribution in [0.1, 0.15) is 0 Å². The van der Waals surface area contributed by atoms with Gasteiger partial charge in [0, 0.05) is 24.6 Å². The third-order valence-electron chi connectivity index (χ3n) is 1.53. The van der Waals surface area contributed by atoms with Crippen molar-refractivity contribution in [3.8, 4) is 0 Å². The number of halogens is 3. The summed E-state index contributed by atoms with van der Waals surface area (Å²) in [6.07, 6.45) is -0.693. The Hall–Kier alpha value is 0.515. The lowest BCUT2D eigenvalue weighted by molar-refractivity contribution is 0.309. The summed E-state index contributed by atoms with van der Waals surface area (Å²) in [5.41, 5.74) is 0. The third-order valence-corrected chi connectivity index (χ3v) is 3.90. The van der Waals surface area contributed by atoms with E-state index in [0.717, 1.165) is 11.5 Å². The van der Waals surface area contributed by atoms with Gasteiger partial charge >= 0.3 is 6.98 Å². The average Bonchev–Trinajstić information content (AvgIpc) is 2.12. The van der Waals surface area contributed by atoms with E-state index in [0.29, 0.717) is 13.1 Å². The molecule has 1 rings (SSSR count). The summed E-state index contributed by atoms with van der Waals surface area (Å²) in [5, 5.41) is 0. The van der Waals surface area contributed by atoms with Crippen LogP contribution >= 0.6 is 21.6 Å². The third kappa shape index (κ3) is 4.52. The van der Waals surface area contributed by atoms with Gasteiger partial charge in [0.05, 0.1) is 0 Å². The average molecular weight is 216 g/mol. The van der Waals surface area contributed by atoms with Gasteiger partial charge in [-0.2, -0.15) is 0 Å². The van der Waals surface area contributed by atoms with Gasteiger partial charge in [-0.05, 0) is 6.44 Å². The van der Waals surface area contributed by atoms with Crippen LogP contribution in [-0.2, 0) is 0 Å². The van der Waals surface area contributed by atoms with Gasteiger partial charge < -0.3 is 17.8 Å². The minimum Gasteiger partial charge on any atom is -0.448 e. The number of hydrogen-bond acceptors (Lipinski definition) is 3. The van der Waals surface area contributed by atoms with E-state index in [2.05, 4.69) is 0 Å². The molecule has 72 valence electrons. The molecule has 0 aliphatic carbocycles. The molecule has 7 heteroatoms. The fraction of sp³-hybridized carbons (Fsp3) is 1.00. The Balaban J connectivity index is 2.30. The fourth-order valence-electron chi connectivity index (χ4n) is 1.04. The lowest BCUT2D eigenvalue weighted by Gasteiger charge is -2.25. The van der Waals surface area contributed by atoms with E-state index in [4.69, 9.17) is 0 Å². The van der Waals surface area contributed by atoms with Crippen LogP contribution in [0.15, 0.2) is 0 Å². The molecule has 0 bridgehead atoms. The van der Waals surface area contributed by atoms with Gasteiger partial charge in [-0.3, -0.25) is 0 Å². The van der Waals surface area contributed by atoms with E-state index in [1.54, 1.807) is 21.6 Å². The van der Waals surface area contributed by atoms with Crippen molar-refractivity contribution < 1.29 is 12.9 Å². The Labute approximate surface area is 77.9 Å². The van der Waals surface area contributed by atoms with Crippen LogP contribution in [0.5, 0.6) is 0 Å². The van der Waals surface area contributed by atoms with Crippen molar-refractivity contribution in [3.05, 3.63) is 0 Å². The summed E-state index contributed by atoms with van der Waals surface area (Å²) >= 11 is 0. The van der Waals surface area contributed by atoms with E-state index >= 15 is 0 Å². The van der Waals surface area contributed by atoms with Gasteiger partial charge in [-0.25, -0.2) is 0 Å². The lowest BCUT2D eigenvalue weighted by Crippen LogP contribution is -2.39. The monoisotopic (exact) mass is 216 g/mol. The van der Waals surface area contributed by atoms with Gasteiger partial charge in [0.1, 0.15) is 0 Å². The van der Waals surface area contributed by atoms with Crippen molar-refractivity contribution in [2.24, 2.45) is 0 Å². The summed E-state index contributed by atoms with van der Waals surface area (Å²) in [7, 11) is 3.32. The normalized spacial score (nSPS) is 22.2. The minimum atomic E-state index is -4.63.